The molecule has 1 saturated heterocycles. The fourth-order valence-electron chi connectivity index (χ4n) is 4.53. The number of aliphatic hydroxyl groups is 1. The van der Waals surface area contributed by atoms with Crippen LogP contribution in [0.2, 0.25) is 0 Å². The third kappa shape index (κ3) is 6.57. The van der Waals surface area contributed by atoms with E-state index in [0.717, 1.165) is 62.9 Å². The monoisotopic (exact) mass is 480 g/mol. The van der Waals surface area contributed by atoms with Crippen LogP contribution in [0.25, 0.3) is 5.76 Å². The van der Waals surface area contributed by atoms with Crippen molar-refractivity contribution in [1.29, 1.82) is 0 Å². The lowest BCUT2D eigenvalue weighted by molar-refractivity contribution is -0.140. The molecule has 1 N–H and O–H groups in total. The van der Waals surface area contributed by atoms with Gasteiger partial charge in [0.1, 0.15) is 11.6 Å². The van der Waals surface area contributed by atoms with Gasteiger partial charge in [0.05, 0.1) is 11.6 Å². The second-order valence-corrected chi connectivity index (χ2v) is 9.31. The van der Waals surface area contributed by atoms with Crippen molar-refractivity contribution < 1.29 is 19.1 Å². The summed E-state index contributed by atoms with van der Waals surface area (Å²) in [7, 11) is 0. The number of aryl methyl sites for hydroxylation is 1. The molecule has 0 spiro atoms. The summed E-state index contributed by atoms with van der Waals surface area (Å²) < 4.78 is 13.4. The van der Waals surface area contributed by atoms with E-state index in [1.54, 1.807) is 4.90 Å². The van der Waals surface area contributed by atoms with Crippen molar-refractivity contribution in [1.82, 2.24) is 9.80 Å². The topological polar surface area (TPSA) is 60.9 Å². The average Bonchev–Trinajstić information content (AvgIpc) is 3.10. The Labute approximate surface area is 208 Å². The summed E-state index contributed by atoms with van der Waals surface area (Å²) in [6.07, 6.45) is 5.27. The lowest BCUT2D eigenvalue weighted by Crippen LogP contribution is -2.34. The van der Waals surface area contributed by atoms with E-state index >= 15 is 0 Å². The van der Waals surface area contributed by atoms with Gasteiger partial charge in [-0.2, -0.15) is 0 Å². The summed E-state index contributed by atoms with van der Waals surface area (Å²) in [5, 5.41) is 11.1. The number of carbonyl (C=O) groups excluding carboxylic acids is 2. The van der Waals surface area contributed by atoms with Crippen molar-refractivity contribution in [3.63, 3.8) is 0 Å². The molecular weight excluding hydrogens is 443 g/mol. The van der Waals surface area contributed by atoms with Gasteiger partial charge in [-0.15, -0.1) is 0 Å². The number of ketones is 1. The van der Waals surface area contributed by atoms with Crippen molar-refractivity contribution in [3.05, 3.63) is 76.6 Å². The van der Waals surface area contributed by atoms with Crippen molar-refractivity contribution in [3.8, 4) is 0 Å². The fourth-order valence-corrected chi connectivity index (χ4v) is 4.53. The smallest absolute Gasteiger partial charge is 0.295 e. The van der Waals surface area contributed by atoms with E-state index < -0.39 is 23.5 Å². The molecule has 1 heterocycles. The van der Waals surface area contributed by atoms with E-state index in [4.69, 9.17) is 0 Å². The molecule has 2 aromatic rings. The lowest BCUT2D eigenvalue weighted by atomic mass is 9.94. The number of hydrogen-bond donors (Lipinski definition) is 1. The van der Waals surface area contributed by atoms with Crippen molar-refractivity contribution in [2.24, 2.45) is 0 Å². The van der Waals surface area contributed by atoms with Gasteiger partial charge in [-0.05, 0) is 75.6 Å². The maximum Gasteiger partial charge on any atom is 0.295 e. The molecule has 1 aliphatic rings. The largest absolute Gasteiger partial charge is 0.507 e. The number of likely N-dealkylation sites (tertiary alicyclic amines) is 1. The zero-order valence-corrected chi connectivity index (χ0v) is 21.1. The quantitative estimate of drug-likeness (QED) is 0.235. The molecule has 1 fully saturated rings. The molecule has 35 heavy (non-hydrogen) atoms. The molecule has 188 valence electrons. The zero-order chi connectivity index (χ0) is 25.4. The van der Waals surface area contributed by atoms with Gasteiger partial charge < -0.3 is 14.9 Å². The van der Waals surface area contributed by atoms with Crippen LogP contribution < -0.4 is 0 Å². The Morgan fingerprint density at radius 1 is 0.914 bits per heavy atom. The number of hydrogen-bond acceptors (Lipinski definition) is 4. The van der Waals surface area contributed by atoms with Crippen LogP contribution in [0.15, 0.2) is 54.1 Å². The highest BCUT2D eigenvalue weighted by molar-refractivity contribution is 6.46. The van der Waals surface area contributed by atoms with E-state index in [1.165, 1.54) is 24.3 Å². The number of nitrogens with zero attached hydrogens (tertiary/aromatic N) is 2. The average molecular weight is 481 g/mol. The van der Waals surface area contributed by atoms with Gasteiger partial charge in [-0.1, -0.05) is 56.5 Å². The number of unbranched alkanes of at least 4 members (excludes halogenated alkanes) is 2. The number of halogens is 1. The highest BCUT2D eigenvalue weighted by Gasteiger charge is 2.45. The first-order valence-corrected chi connectivity index (χ1v) is 12.7. The number of Topliss-reactive ketones (excluding diaryl/α,β-unsaturated/α-hetero) is 1. The minimum atomic E-state index is -0.703. The van der Waals surface area contributed by atoms with Crippen LogP contribution in [0.4, 0.5) is 4.39 Å². The molecule has 6 heteroatoms. The molecule has 0 bridgehead atoms. The zero-order valence-electron chi connectivity index (χ0n) is 21.1. The number of amides is 1. The van der Waals surface area contributed by atoms with Crippen LogP contribution in [0.3, 0.4) is 0 Å². The van der Waals surface area contributed by atoms with Crippen LogP contribution in [-0.4, -0.2) is 52.8 Å². The molecule has 1 amide bonds. The summed E-state index contributed by atoms with van der Waals surface area (Å²) in [5.74, 6) is -2.02. The third-order valence-electron chi connectivity index (χ3n) is 6.58. The summed E-state index contributed by atoms with van der Waals surface area (Å²) >= 11 is 0. The first-order chi connectivity index (χ1) is 16.9. The Bertz CT molecular complexity index is 1020. The Balaban J connectivity index is 1.90. The highest BCUT2D eigenvalue weighted by Crippen LogP contribution is 2.39. The van der Waals surface area contributed by atoms with Gasteiger partial charge in [0.2, 0.25) is 0 Å². The van der Waals surface area contributed by atoms with Gasteiger partial charge in [-0.25, -0.2) is 4.39 Å². The van der Waals surface area contributed by atoms with E-state index in [9.17, 15) is 19.1 Å². The number of carbonyl (C=O) groups is 2. The van der Waals surface area contributed by atoms with Gasteiger partial charge in [0.25, 0.3) is 11.7 Å². The Morgan fingerprint density at radius 2 is 1.49 bits per heavy atom. The predicted molar refractivity (Wildman–Crippen MR) is 137 cm³/mol. The maximum atomic E-state index is 13.4. The second-order valence-electron chi connectivity index (χ2n) is 9.31. The lowest BCUT2D eigenvalue weighted by Gasteiger charge is -2.27. The summed E-state index contributed by atoms with van der Waals surface area (Å²) in [5.41, 5.74) is 2.20. The molecule has 1 aliphatic heterocycles. The van der Waals surface area contributed by atoms with E-state index in [-0.39, 0.29) is 11.3 Å². The van der Waals surface area contributed by atoms with Crippen LogP contribution in [0, 0.1) is 12.7 Å². The minimum Gasteiger partial charge on any atom is -0.507 e. The first-order valence-electron chi connectivity index (χ1n) is 12.7. The Hall–Kier alpha value is -2.99. The van der Waals surface area contributed by atoms with E-state index in [0.29, 0.717) is 12.1 Å². The summed E-state index contributed by atoms with van der Waals surface area (Å²) in [4.78, 5) is 30.3. The molecule has 0 radical (unpaired) electrons. The van der Waals surface area contributed by atoms with Crippen molar-refractivity contribution >= 4 is 17.4 Å². The number of aliphatic hydroxyl groups excluding tert-OH is 1. The Kier molecular flexibility index (Phi) is 9.61. The van der Waals surface area contributed by atoms with Gasteiger partial charge in [0, 0.05) is 12.1 Å². The molecule has 0 aromatic heterocycles. The number of benzene rings is 2. The molecule has 1 unspecified atom stereocenters. The summed E-state index contributed by atoms with van der Waals surface area (Å²) in [6, 6.07) is 12.3. The number of rotatable bonds is 12. The molecule has 5 nitrogen and oxygen atoms in total. The summed E-state index contributed by atoms with van der Waals surface area (Å²) in [6.45, 7) is 9.66. The first kappa shape index (κ1) is 26.6. The standard InChI is InChI=1S/C29H37FN2O3/c1-4-6-17-31(18-7-5-2)19-8-20-32-26(22-11-9-21(3)10-12-22)25(28(34)29(32)35)27(33)23-13-15-24(30)16-14-23/h9-16,26,33H,4-8,17-20H2,1-3H3. The fraction of sp³-hybridized carbons (Fsp3) is 0.448. The second kappa shape index (κ2) is 12.6. The molecule has 0 aliphatic carbocycles. The van der Waals surface area contributed by atoms with Crippen LogP contribution in [-0.2, 0) is 9.59 Å². The maximum absolute atomic E-state index is 13.4. The van der Waals surface area contributed by atoms with Crippen molar-refractivity contribution in [2.45, 2.75) is 58.9 Å². The molecule has 3 rings (SSSR count). The van der Waals surface area contributed by atoms with Crippen molar-refractivity contribution in [2.75, 3.05) is 26.2 Å². The van der Waals surface area contributed by atoms with E-state index in [1.807, 2.05) is 31.2 Å². The van der Waals surface area contributed by atoms with E-state index in [2.05, 4.69) is 18.7 Å². The molecular formula is C29H37FN2O3. The molecule has 2 aromatic carbocycles. The Morgan fingerprint density at radius 3 is 2.06 bits per heavy atom. The minimum absolute atomic E-state index is 0.0549. The van der Waals surface area contributed by atoms with Gasteiger partial charge in [-0.3, -0.25) is 9.59 Å². The van der Waals surface area contributed by atoms with Gasteiger partial charge >= 0.3 is 0 Å². The predicted octanol–water partition coefficient (Wildman–Crippen LogP) is 5.85. The molecule has 0 saturated carbocycles. The highest BCUT2D eigenvalue weighted by atomic mass is 19.1. The van der Waals surface area contributed by atoms with Crippen LogP contribution in [0.5, 0.6) is 0 Å². The molecule has 1 atom stereocenters. The SMILES string of the molecule is CCCCN(CCCC)CCCN1C(=O)C(=O)C(=C(O)c2ccc(F)cc2)C1c1ccc(C)cc1. The third-order valence-corrected chi connectivity index (χ3v) is 6.58. The van der Waals surface area contributed by atoms with Crippen LogP contribution in [0.1, 0.15) is 68.7 Å². The van der Waals surface area contributed by atoms with Crippen LogP contribution >= 0.6 is 0 Å². The van der Waals surface area contributed by atoms with Gasteiger partial charge in [0.15, 0.2) is 0 Å². The normalized spacial score (nSPS) is 17.5.